The van der Waals surface area contributed by atoms with E-state index in [1.807, 2.05) is 0 Å². The van der Waals surface area contributed by atoms with Crippen molar-refractivity contribution in [3.8, 4) is 0 Å². The number of aromatic nitrogens is 1. The number of anilines is 1. The van der Waals surface area contributed by atoms with Crippen LogP contribution < -0.4 is 4.90 Å². The monoisotopic (exact) mass is 184 g/mol. The molecular formula is C9H13FN2O. The maximum absolute atomic E-state index is 13.2. The van der Waals surface area contributed by atoms with Crippen molar-refractivity contribution in [2.75, 3.05) is 18.6 Å². The van der Waals surface area contributed by atoms with Crippen molar-refractivity contribution in [1.29, 1.82) is 0 Å². The molecule has 0 aliphatic heterocycles. The fourth-order valence-corrected chi connectivity index (χ4v) is 0.968. The summed E-state index contributed by atoms with van der Waals surface area (Å²) in [4.78, 5) is 5.49. The van der Waals surface area contributed by atoms with Crippen LogP contribution in [-0.2, 0) is 0 Å². The van der Waals surface area contributed by atoms with Crippen molar-refractivity contribution in [2.45, 2.75) is 13.0 Å². The van der Waals surface area contributed by atoms with Crippen LogP contribution in [0.1, 0.15) is 6.92 Å². The van der Waals surface area contributed by atoms with Gasteiger partial charge in [0.2, 0.25) is 0 Å². The minimum Gasteiger partial charge on any atom is -0.394 e. The molecular weight excluding hydrogens is 171 g/mol. The Hall–Kier alpha value is -1.16. The molecule has 3 nitrogen and oxygen atoms in total. The van der Waals surface area contributed by atoms with Crippen molar-refractivity contribution in [1.82, 2.24) is 4.98 Å². The van der Waals surface area contributed by atoms with E-state index in [1.54, 1.807) is 18.9 Å². The molecule has 0 bridgehead atoms. The van der Waals surface area contributed by atoms with Crippen LogP contribution in [0, 0.1) is 5.82 Å². The van der Waals surface area contributed by atoms with Gasteiger partial charge in [-0.1, -0.05) is 0 Å². The number of aliphatic hydroxyl groups is 1. The second kappa shape index (κ2) is 4.18. The number of halogens is 1. The molecule has 1 rings (SSSR count). The SMILES string of the molecule is C[C@@H](CO)N(C)c1ncccc1F. The van der Waals surface area contributed by atoms with E-state index >= 15 is 0 Å². The zero-order chi connectivity index (χ0) is 9.84. The van der Waals surface area contributed by atoms with E-state index in [4.69, 9.17) is 5.11 Å². The molecule has 1 N–H and O–H groups in total. The molecule has 0 unspecified atom stereocenters. The lowest BCUT2D eigenvalue weighted by Gasteiger charge is -2.24. The minimum absolute atomic E-state index is 0.0213. The van der Waals surface area contributed by atoms with E-state index in [0.29, 0.717) is 0 Å². The van der Waals surface area contributed by atoms with Gasteiger partial charge in [-0.15, -0.1) is 0 Å². The Balaban J connectivity index is 2.88. The summed E-state index contributed by atoms with van der Waals surface area (Å²) in [5, 5.41) is 8.87. The molecule has 4 heteroatoms. The molecule has 72 valence electrons. The lowest BCUT2D eigenvalue weighted by Crippen LogP contribution is -2.33. The number of rotatable bonds is 3. The molecule has 13 heavy (non-hydrogen) atoms. The Morgan fingerprint density at radius 3 is 2.92 bits per heavy atom. The second-order valence-electron chi connectivity index (χ2n) is 2.95. The first-order valence-electron chi connectivity index (χ1n) is 4.11. The van der Waals surface area contributed by atoms with Crippen molar-refractivity contribution in [2.24, 2.45) is 0 Å². The molecule has 0 amide bonds. The number of aliphatic hydroxyl groups excluding tert-OH is 1. The number of likely N-dealkylation sites (N-methyl/N-ethyl adjacent to an activating group) is 1. The van der Waals surface area contributed by atoms with Gasteiger partial charge in [0.15, 0.2) is 11.6 Å². The fraction of sp³-hybridized carbons (Fsp3) is 0.444. The maximum Gasteiger partial charge on any atom is 0.165 e. The van der Waals surface area contributed by atoms with E-state index in [9.17, 15) is 4.39 Å². The normalized spacial score (nSPS) is 12.6. The highest BCUT2D eigenvalue weighted by Gasteiger charge is 2.13. The van der Waals surface area contributed by atoms with E-state index in [-0.39, 0.29) is 24.3 Å². The van der Waals surface area contributed by atoms with Gasteiger partial charge in [-0.25, -0.2) is 9.37 Å². The van der Waals surface area contributed by atoms with Gasteiger partial charge >= 0.3 is 0 Å². The second-order valence-corrected chi connectivity index (χ2v) is 2.95. The molecule has 1 aromatic heterocycles. The van der Waals surface area contributed by atoms with Gasteiger partial charge in [0, 0.05) is 13.2 Å². The van der Waals surface area contributed by atoms with Crippen molar-refractivity contribution in [3.63, 3.8) is 0 Å². The Morgan fingerprint density at radius 2 is 2.38 bits per heavy atom. The third-order valence-electron chi connectivity index (χ3n) is 2.00. The quantitative estimate of drug-likeness (QED) is 0.762. The van der Waals surface area contributed by atoms with Gasteiger partial charge in [-0.2, -0.15) is 0 Å². The molecule has 1 heterocycles. The van der Waals surface area contributed by atoms with Crippen LogP contribution in [0.4, 0.5) is 10.2 Å². The van der Waals surface area contributed by atoms with E-state index in [1.165, 1.54) is 18.3 Å². The van der Waals surface area contributed by atoms with Gasteiger partial charge in [0.1, 0.15) is 0 Å². The lowest BCUT2D eigenvalue weighted by molar-refractivity contribution is 0.269. The Kier molecular flexibility index (Phi) is 3.19. The molecule has 1 aromatic rings. The maximum atomic E-state index is 13.2. The summed E-state index contributed by atoms with van der Waals surface area (Å²) in [5.74, 6) is -0.102. The van der Waals surface area contributed by atoms with Crippen LogP contribution in [0.25, 0.3) is 0 Å². The zero-order valence-electron chi connectivity index (χ0n) is 7.74. The first kappa shape index (κ1) is 9.92. The Bertz CT molecular complexity index is 280. The highest BCUT2D eigenvalue weighted by molar-refractivity contribution is 5.39. The topological polar surface area (TPSA) is 36.4 Å². The molecule has 0 fully saturated rings. The molecule has 0 radical (unpaired) electrons. The van der Waals surface area contributed by atoms with Crippen LogP contribution in [0.5, 0.6) is 0 Å². The van der Waals surface area contributed by atoms with Crippen LogP contribution >= 0.6 is 0 Å². The van der Waals surface area contributed by atoms with E-state index in [0.717, 1.165) is 0 Å². The third-order valence-corrected chi connectivity index (χ3v) is 2.00. The van der Waals surface area contributed by atoms with Gasteiger partial charge < -0.3 is 10.0 Å². The van der Waals surface area contributed by atoms with E-state index in [2.05, 4.69) is 4.98 Å². The van der Waals surface area contributed by atoms with Gasteiger partial charge in [0.05, 0.1) is 12.6 Å². The number of hydrogen-bond acceptors (Lipinski definition) is 3. The van der Waals surface area contributed by atoms with Crippen LogP contribution in [0.15, 0.2) is 18.3 Å². The van der Waals surface area contributed by atoms with Gasteiger partial charge in [0.25, 0.3) is 0 Å². The molecule has 0 aromatic carbocycles. The number of hydrogen-bond donors (Lipinski definition) is 1. The Labute approximate surface area is 76.8 Å². The first-order chi connectivity index (χ1) is 6.16. The standard InChI is InChI=1S/C9H13FN2O/c1-7(6-13)12(2)9-8(10)4-3-5-11-9/h3-5,7,13H,6H2,1-2H3/t7-/m0/s1. The average molecular weight is 184 g/mol. The van der Waals surface area contributed by atoms with Gasteiger partial charge in [-0.3, -0.25) is 0 Å². The number of nitrogens with zero attached hydrogens (tertiary/aromatic N) is 2. The average Bonchev–Trinajstić information content (AvgIpc) is 2.16. The fourth-order valence-electron chi connectivity index (χ4n) is 0.968. The summed E-state index contributed by atoms with van der Waals surface area (Å²) in [6.07, 6.45) is 1.53. The number of pyridine rings is 1. The smallest absolute Gasteiger partial charge is 0.165 e. The molecule has 1 atom stereocenters. The summed E-state index contributed by atoms with van der Waals surface area (Å²) < 4.78 is 13.2. The largest absolute Gasteiger partial charge is 0.394 e. The highest BCUT2D eigenvalue weighted by atomic mass is 19.1. The van der Waals surface area contributed by atoms with Crippen molar-refractivity contribution >= 4 is 5.82 Å². The molecule has 0 saturated heterocycles. The summed E-state index contributed by atoms with van der Waals surface area (Å²) in [6.45, 7) is 1.78. The molecule has 0 spiro atoms. The van der Waals surface area contributed by atoms with Crippen LogP contribution in [0.3, 0.4) is 0 Å². The predicted molar refractivity (Wildman–Crippen MR) is 49.1 cm³/mol. The third kappa shape index (κ3) is 2.15. The van der Waals surface area contributed by atoms with E-state index < -0.39 is 0 Å². The van der Waals surface area contributed by atoms with Gasteiger partial charge in [-0.05, 0) is 19.1 Å². The lowest BCUT2D eigenvalue weighted by atomic mass is 10.3. The minimum atomic E-state index is -0.370. The van der Waals surface area contributed by atoms with Crippen molar-refractivity contribution in [3.05, 3.63) is 24.1 Å². The molecule has 0 aliphatic carbocycles. The molecule has 0 aliphatic rings. The summed E-state index contributed by atoms with van der Waals surface area (Å²) in [7, 11) is 1.70. The molecule has 0 saturated carbocycles. The van der Waals surface area contributed by atoms with Crippen LogP contribution in [0.2, 0.25) is 0 Å². The van der Waals surface area contributed by atoms with Crippen molar-refractivity contribution < 1.29 is 9.50 Å². The Morgan fingerprint density at radius 1 is 1.69 bits per heavy atom. The predicted octanol–water partition coefficient (Wildman–Crippen LogP) is 1.04. The van der Waals surface area contributed by atoms with Crippen LogP contribution in [-0.4, -0.2) is 29.8 Å². The first-order valence-corrected chi connectivity index (χ1v) is 4.11. The summed E-state index contributed by atoms with van der Waals surface area (Å²) in [6, 6.07) is 2.75. The highest BCUT2D eigenvalue weighted by Crippen LogP contribution is 2.15. The summed E-state index contributed by atoms with van der Waals surface area (Å²) >= 11 is 0. The summed E-state index contributed by atoms with van der Waals surface area (Å²) in [5.41, 5.74) is 0. The zero-order valence-corrected chi connectivity index (χ0v) is 7.74.